The Balaban J connectivity index is 1.08. The number of pyridine rings is 1. The minimum absolute atomic E-state index is 1.09. The van der Waals surface area contributed by atoms with Crippen LogP contribution in [0.5, 0.6) is 0 Å². The van der Waals surface area contributed by atoms with Gasteiger partial charge in [-0.1, -0.05) is 182 Å². The fourth-order valence-electron chi connectivity index (χ4n) is 8.82. The number of anilines is 3. The summed E-state index contributed by atoms with van der Waals surface area (Å²) in [5.74, 6) is 0. The molecule has 0 aliphatic heterocycles. The van der Waals surface area contributed by atoms with E-state index in [1.54, 1.807) is 0 Å². The maximum Gasteiger partial charge on any atom is 0.0625 e. The van der Waals surface area contributed by atoms with Crippen LogP contribution in [0.4, 0.5) is 17.1 Å². The molecular formula is C56H38N2. The molecule has 0 aliphatic rings. The predicted octanol–water partition coefficient (Wildman–Crippen LogP) is 15.5. The van der Waals surface area contributed by atoms with Crippen molar-refractivity contribution in [2.24, 2.45) is 0 Å². The van der Waals surface area contributed by atoms with Gasteiger partial charge in [-0.15, -0.1) is 0 Å². The lowest BCUT2D eigenvalue weighted by atomic mass is 9.95. The number of benzene rings is 9. The van der Waals surface area contributed by atoms with Crippen molar-refractivity contribution >= 4 is 55.0 Å². The van der Waals surface area contributed by atoms with Gasteiger partial charge in [-0.25, -0.2) is 0 Å². The highest BCUT2D eigenvalue weighted by Crippen LogP contribution is 2.45. The highest BCUT2D eigenvalue weighted by Gasteiger charge is 2.21. The third kappa shape index (κ3) is 5.74. The van der Waals surface area contributed by atoms with Crippen molar-refractivity contribution in [2.45, 2.75) is 0 Å². The monoisotopic (exact) mass is 738 g/mol. The molecule has 2 aromatic heterocycles. The molecule has 272 valence electrons. The highest BCUT2D eigenvalue weighted by atomic mass is 15.1. The summed E-state index contributed by atoms with van der Waals surface area (Å²) >= 11 is 0. The van der Waals surface area contributed by atoms with Gasteiger partial charge < -0.3 is 9.30 Å². The molecular weight excluding hydrogens is 701 g/mol. The number of hydrogen-bond acceptors (Lipinski definition) is 1. The maximum atomic E-state index is 2.49. The number of para-hydroxylation sites is 1. The zero-order valence-electron chi connectivity index (χ0n) is 31.8. The Bertz CT molecular complexity index is 3150. The van der Waals surface area contributed by atoms with Gasteiger partial charge in [-0.05, 0) is 98.1 Å². The van der Waals surface area contributed by atoms with E-state index >= 15 is 0 Å². The second kappa shape index (κ2) is 14.1. The molecule has 0 amide bonds. The SMILES string of the molecule is c1ccc(-c2ccc(N(c3ccc(-c4ccccc4)cc3)c3ccc(-c4cc5ccccc5c5c(-c6cccc7ccccc67)c6ccccc6n45)cc3)cc2)cc1. The van der Waals surface area contributed by atoms with Crippen molar-refractivity contribution in [1.82, 2.24) is 4.40 Å². The van der Waals surface area contributed by atoms with Gasteiger partial charge in [0.05, 0.1) is 16.7 Å². The molecule has 0 aliphatic carbocycles. The van der Waals surface area contributed by atoms with E-state index in [0.29, 0.717) is 0 Å². The number of hydrogen-bond donors (Lipinski definition) is 0. The van der Waals surface area contributed by atoms with Crippen molar-refractivity contribution in [3.8, 4) is 44.6 Å². The Kier molecular flexibility index (Phi) is 8.19. The van der Waals surface area contributed by atoms with Crippen molar-refractivity contribution in [3.63, 3.8) is 0 Å². The van der Waals surface area contributed by atoms with Crippen molar-refractivity contribution < 1.29 is 0 Å². The first-order chi connectivity index (χ1) is 28.8. The molecule has 0 saturated carbocycles. The van der Waals surface area contributed by atoms with Crippen LogP contribution in [0.3, 0.4) is 0 Å². The maximum absolute atomic E-state index is 2.49. The van der Waals surface area contributed by atoms with Gasteiger partial charge in [0, 0.05) is 33.4 Å². The second-order valence-electron chi connectivity index (χ2n) is 14.9. The first kappa shape index (κ1) is 33.6. The van der Waals surface area contributed by atoms with Gasteiger partial charge in [0.2, 0.25) is 0 Å². The molecule has 11 rings (SSSR count). The van der Waals surface area contributed by atoms with Crippen molar-refractivity contribution in [1.29, 1.82) is 0 Å². The molecule has 2 heteroatoms. The van der Waals surface area contributed by atoms with Crippen LogP contribution >= 0.6 is 0 Å². The minimum atomic E-state index is 1.09. The van der Waals surface area contributed by atoms with Gasteiger partial charge >= 0.3 is 0 Å². The van der Waals surface area contributed by atoms with E-state index in [1.807, 2.05) is 0 Å². The molecule has 0 N–H and O–H groups in total. The number of nitrogens with zero attached hydrogens (tertiary/aromatic N) is 2. The van der Waals surface area contributed by atoms with Crippen molar-refractivity contribution in [3.05, 3.63) is 231 Å². The number of aromatic nitrogens is 1. The molecule has 0 saturated heterocycles. The summed E-state index contributed by atoms with van der Waals surface area (Å²) in [4.78, 5) is 2.35. The van der Waals surface area contributed by atoms with Gasteiger partial charge in [-0.2, -0.15) is 0 Å². The Hall–Kier alpha value is -7.68. The smallest absolute Gasteiger partial charge is 0.0625 e. The summed E-state index contributed by atoms with van der Waals surface area (Å²) in [6, 6.07) is 83.6. The summed E-state index contributed by atoms with van der Waals surface area (Å²) in [5, 5.41) is 6.21. The van der Waals surface area contributed by atoms with Crippen LogP contribution in [-0.4, -0.2) is 4.40 Å². The van der Waals surface area contributed by atoms with E-state index in [-0.39, 0.29) is 0 Å². The van der Waals surface area contributed by atoms with Crippen LogP contribution in [0.1, 0.15) is 0 Å². The van der Waals surface area contributed by atoms with Crippen LogP contribution in [-0.2, 0) is 0 Å². The standard InChI is InChI=1S/C56H38N2/c1-3-14-39(15-4-1)41-26-32-46(33-27-41)57(47-34-28-42(29-35-47)40-16-5-2-6-17-40)48-36-30-44(31-37-48)54-38-45-19-8-10-22-50(45)56-55(52-23-11-12-25-53(52)58(54)56)51-24-13-20-43-18-7-9-21-49(43)51/h1-38H. The summed E-state index contributed by atoms with van der Waals surface area (Å²) in [6.45, 7) is 0. The van der Waals surface area contributed by atoms with E-state index < -0.39 is 0 Å². The first-order valence-electron chi connectivity index (χ1n) is 19.9. The Morgan fingerprint density at radius 3 is 1.36 bits per heavy atom. The zero-order valence-corrected chi connectivity index (χ0v) is 31.8. The number of rotatable bonds is 7. The fourth-order valence-corrected chi connectivity index (χ4v) is 8.82. The van der Waals surface area contributed by atoms with Crippen LogP contribution in [0.15, 0.2) is 231 Å². The normalized spacial score (nSPS) is 11.4. The molecule has 0 fully saturated rings. The average Bonchev–Trinajstić information content (AvgIpc) is 3.65. The van der Waals surface area contributed by atoms with Gasteiger partial charge in [-0.3, -0.25) is 0 Å². The van der Waals surface area contributed by atoms with Gasteiger partial charge in [0.1, 0.15) is 0 Å². The van der Waals surface area contributed by atoms with E-state index in [2.05, 4.69) is 240 Å². The molecule has 0 radical (unpaired) electrons. The van der Waals surface area contributed by atoms with Crippen LogP contribution in [0, 0.1) is 0 Å². The zero-order chi connectivity index (χ0) is 38.4. The lowest BCUT2D eigenvalue weighted by molar-refractivity contribution is 1.26. The van der Waals surface area contributed by atoms with Crippen LogP contribution in [0.25, 0.3) is 82.6 Å². The molecule has 2 heterocycles. The molecule has 0 atom stereocenters. The van der Waals surface area contributed by atoms with E-state index in [4.69, 9.17) is 0 Å². The molecule has 9 aromatic carbocycles. The fraction of sp³-hybridized carbons (Fsp3) is 0. The minimum Gasteiger partial charge on any atom is -0.311 e. The van der Waals surface area contributed by atoms with E-state index in [1.165, 1.54) is 71.3 Å². The van der Waals surface area contributed by atoms with Gasteiger partial charge in [0.15, 0.2) is 0 Å². The van der Waals surface area contributed by atoms with Gasteiger partial charge in [0.25, 0.3) is 0 Å². The molecule has 2 nitrogen and oxygen atoms in total. The number of fused-ring (bicyclic) bond motifs is 6. The third-order valence-electron chi connectivity index (χ3n) is 11.6. The Morgan fingerprint density at radius 1 is 0.310 bits per heavy atom. The van der Waals surface area contributed by atoms with Crippen molar-refractivity contribution in [2.75, 3.05) is 4.90 Å². The summed E-state index contributed by atoms with van der Waals surface area (Å²) < 4.78 is 2.49. The topological polar surface area (TPSA) is 7.65 Å². The third-order valence-corrected chi connectivity index (χ3v) is 11.6. The summed E-state index contributed by atoms with van der Waals surface area (Å²) in [5.41, 5.74) is 15.4. The summed E-state index contributed by atoms with van der Waals surface area (Å²) in [7, 11) is 0. The second-order valence-corrected chi connectivity index (χ2v) is 14.9. The molecule has 0 bridgehead atoms. The Labute approximate surface area is 338 Å². The molecule has 0 unspecified atom stereocenters. The average molecular weight is 739 g/mol. The first-order valence-corrected chi connectivity index (χ1v) is 19.9. The van der Waals surface area contributed by atoms with E-state index in [0.717, 1.165) is 28.3 Å². The quantitative estimate of drug-likeness (QED) is 0.158. The van der Waals surface area contributed by atoms with Crippen LogP contribution < -0.4 is 4.90 Å². The van der Waals surface area contributed by atoms with E-state index in [9.17, 15) is 0 Å². The molecule has 11 aromatic rings. The largest absolute Gasteiger partial charge is 0.311 e. The Morgan fingerprint density at radius 2 is 0.759 bits per heavy atom. The van der Waals surface area contributed by atoms with Crippen LogP contribution in [0.2, 0.25) is 0 Å². The molecule has 58 heavy (non-hydrogen) atoms. The highest BCUT2D eigenvalue weighted by molar-refractivity contribution is 6.19. The lowest BCUT2D eigenvalue weighted by Crippen LogP contribution is -2.09. The lowest BCUT2D eigenvalue weighted by Gasteiger charge is -2.26. The molecule has 0 spiro atoms. The summed E-state index contributed by atoms with van der Waals surface area (Å²) in [6.07, 6.45) is 0. The predicted molar refractivity (Wildman–Crippen MR) is 246 cm³/mol.